The van der Waals surface area contributed by atoms with Crippen molar-refractivity contribution in [3.63, 3.8) is 0 Å². The summed E-state index contributed by atoms with van der Waals surface area (Å²) in [6.45, 7) is 0. The lowest BCUT2D eigenvalue weighted by molar-refractivity contribution is 0.415. The smallest absolute Gasteiger partial charge is 0.198 e. The third-order valence-electron chi connectivity index (χ3n) is 2.20. The fraction of sp³-hybridized carbons (Fsp3) is 0.100. The Kier molecular flexibility index (Phi) is 3.51. The molecular weight excluding hydrogens is 329 g/mol. The normalized spacial score (nSPS) is 10.6. The van der Waals surface area contributed by atoms with E-state index in [4.69, 9.17) is 33.7 Å². The summed E-state index contributed by atoms with van der Waals surface area (Å²) in [4.78, 5) is 6.96. The minimum Gasteiger partial charge on any atom is -0.495 e. The Hall–Kier alpha value is -0.910. The zero-order chi connectivity index (χ0) is 12.6. The molecule has 0 bridgehead atoms. The van der Waals surface area contributed by atoms with Crippen LogP contribution in [0.25, 0.3) is 11.3 Å². The lowest BCUT2D eigenvalue weighted by atomic mass is 10.1. The van der Waals surface area contributed by atoms with Gasteiger partial charge in [0.1, 0.15) is 21.1 Å². The van der Waals surface area contributed by atoms with Crippen molar-refractivity contribution in [1.82, 2.24) is 9.97 Å². The van der Waals surface area contributed by atoms with Crippen LogP contribution < -0.4 is 10.5 Å². The SMILES string of the molecule is COc1ccc(-c2nc(N)[nH]c2Br)c(Cl)c1Cl. The van der Waals surface area contributed by atoms with Crippen LogP contribution >= 0.6 is 39.1 Å². The minimum absolute atomic E-state index is 0.301. The highest BCUT2D eigenvalue weighted by molar-refractivity contribution is 9.10. The number of aromatic amines is 1. The summed E-state index contributed by atoms with van der Waals surface area (Å²) < 4.78 is 5.72. The zero-order valence-corrected chi connectivity index (χ0v) is 11.8. The van der Waals surface area contributed by atoms with Gasteiger partial charge in [0.05, 0.1) is 12.1 Å². The predicted octanol–water partition coefficient (Wildman–Crippen LogP) is 3.74. The number of hydrogen-bond donors (Lipinski definition) is 2. The van der Waals surface area contributed by atoms with Crippen LogP contribution in [0.5, 0.6) is 5.75 Å². The van der Waals surface area contributed by atoms with Crippen molar-refractivity contribution in [3.8, 4) is 17.0 Å². The Balaban J connectivity index is 2.61. The molecule has 1 aromatic carbocycles. The molecule has 0 fully saturated rings. The molecule has 90 valence electrons. The first-order valence-corrected chi connectivity index (χ1v) is 6.12. The predicted molar refractivity (Wildman–Crippen MR) is 72.7 cm³/mol. The van der Waals surface area contributed by atoms with Crippen molar-refractivity contribution < 1.29 is 4.74 Å². The fourth-order valence-corrected chi connectivity index (χ4v) is 2.41. The molecule has 0 unspecified atom stereocenters. The number of hydrogen-bond acceptors (Lipinski definition) is 3. The Bertz CT molecular complexity index is 571. The molecule has 4 nitrogen and oxygen atoms in total. The topological polar surface area (TPSA) is 63.9 Å². The van der Waals surface area contributed by atoms with E-state index in [0.717, 1.165) is 0 Å². The van der Waals surface area contributed by atoms with Crippen LogP contribution in [0, 0.1) is 0 Å². The summed E-state index contributed by atoms with van der Waals surface area (Å²) in [5, 5.41) is 0.721. The van der Waals surface area contributed by atoms with E-state index in [2.05, 4.69) is 25.9 Å². The molecule has 0 aliphatic rings. The van der Waals surface area contributed by atoms with Crippen molar-refractivity contribution in [3.05, 3.63) is 26.8 Å². The first-order chi connectivity index (χ1) is 8.04. The number of benzene rings is 1. The van der Waals surface area contributed by atoms with Crippen LogP contribution in [0.4, 0.5) is 5.95 Å². The van der Waals surface area contributed by atoms with Crippen LogP contribution in [0.1, 0.15) is 0 Å². The van der Waals surface area contributed by atoms with Crippen LogP contribution in [-0.2, 0) is 0 Å². The Morgan fingerprint density at radius 1 is 1.35 bits per heavy atom. The largest absolute Gasteiger partial charge is 0.495 e. The van der Waals surface area contributed by atoms with Gasteiger partial charge < -0.3 is 15.5 Å². The van der Waals surface area contributed by atoms with Gasteiger partial charge in [-0.3, -0.25) is 0 Å². The van der Waals surface area contributed by atoms with E-state index < -0.39 is 0 Å². The lowest BCUT2D eigenvalue weighted by Crippen LogP contribution is -1.89. The highest BCUT2D eigenvalue weighted by Gasteiger charge is 2.16. The first kappa shape index (κ1) is 12.5. The number of nitrogens with one attached hydrogen (secondary N) is 1. The molecule has 2 aromatic rings. The second kappa shape index (κ2) is 4.76. The Morgan fingerprint density at radius 3 is 2.59 bits per heavy atom. The van der Waals surface area contributed by atoms with Crippen molar-refractivity contribution in [2.75, 3.05) is 12.8 Å². The van der Waals surface area contributed by atoms with Crippen molar-refractivity contribution in [2.45, 2.75) is 0 Å². The third-order valence-corrected chi connectivity index (χ3v) is 3.64. The average molecular weight is 337 g/mol. The van der Waals surface area contributed by atoms with E-state index in [0.29, 0.717) is 37.6 Å². The molecule has 0 atom stereocenters. The molecule has 3 N–H and O–H groups in total. The van der Waals surface area contributed by atoms with Gasteiger partial charge >= 0.3 is 0 Å². The van der Waals surface area contributed by atoms with E-state index >= 15 is 0 Å². The molecule has 17 heavy (non-hydrogen) atoms. The van der Waals surface area contributed by atoms with Crippen LogP contribution in [0.2, 0.25) is 10.0 Å². The molecule has 1 aromatic heterocycles. The van der Waals surface area contributed by atoms with Gasteiger partial charge in [0.25, 0.3) is 0 Å². The van der Waals surface area contributed by atoms with E-state index in [9.17, 15) is 0 Å². The third kappa shape index (κ3) is 2.22. The van der Waals surface area contributed by atoms with Crippen LogP contribution in [-0.4, -0.2) is 17.1 Å². The molecule has 7 heteroatoms. The fourth-order valence-electron chi connectivity index (χ4n) is 1.42. The molecule has 1 heterocycles. The number of rotatable bonds is 2. The number of nitrogen functional groups attached to an aromatic ring is 1. The molecule has 0 aliphatic heterocycles. The molecular formula is C10H8BrCl2N3O. The molecule has 0 radical (unpaired) electrons. The van der Waals surface area contributed by atoms with E-state index in [1.165, 1.54) is 7.11 Å². The molecule has 0 aliphatic carbocycles. The number of ether oxygens (including phenoxy) is 1. The number of nitrogens with zero attached hydrogens (tertiary/aromatic N) is 1. The second-order valence-corrected chi connectivity index (χ2v) is 4.78. The van der Waals surface area contributed by atoms with Gasteiger partial charge in [-0.2, -0.15) is 0 Å². The Morgan fingerprint density at radius 2 is 2.06 bits per heavy atom. The summed E-state index contributed by atoms with van der Waals surface area (Å²) in [6.07, 6.45) is 0. The maximum Gasteiger partial charge on any atom is 0.198 e. The number of anilines is 1. The summed E-state index contributed by atoms with van der Waals surface area (Å²) in [6, 6.07) is 3.49. The van der Waals surface area contributed by atoms with E-state index in [1.54, 1.807) is 12.1 Å². The molecule has 2 rings (SSSR count). The maximum atomic E-state index is 6.17. The summed E-state index contributed by atoms with van der Waals surface area (Å²) >= 11 is 15.5. The number of imidazole rings is 1. The quantitative estimate of drug-likeness (QED) is 0.878. The van der Waals surface area contributed by atoms with Crippen LogP contribution in [0.3, 0.4) is 0 Å². The summed E-state index contributed by atoms with van der Waals surface area (Å²) in [5.74, 6) is 0.815. The lowest BCUT2D eigenvalue weighted by Gasteiger charge is -2.08. The highest BCUT2D eigenvalue weighted by atomic mass is 79.9. The van der Waals surface area contributed by atoms with Gasteiger partial charge in [-0.15, -0.1) is 0 Å². The highest BCUT2D eigenvalue weighted by Crippen LogP contribution is 2.40. The average Bonchev–Trinajstić information content (AvgIpc) is 2.62. The number of halogens is 3. The molecule has 0 spiro atoms. The van der Waals surface area contributed by atoms with Gasteiger partial charge in [-0.25, -0.2) is 4.98 Å². The number of nitrogens with two attached hydrogens (primary N) is 1. The maximum absolute atomic E-state index is 6.17. The minimum atomic E-state index is 0.301. The van der Waals surface area contributed by atoms with E-state index in [-0.39, 0.29) is 0 Å². The van der Waals surface area contributed by atoms with Crippen molar-refractivity contribution in [2.24, 2.45) is 0 Å². The molecule has 0 saturated heterocycles. The van der Waals surface area contributed by atoms with Gasteiger partial charge in [-0.05, 0) is 28.1 Å². The zero-order valence-electron chi connectivity index (χ0n) is 8.72. The second-order valence-electron chi connectivity index (χ2n) is 3.23. The van der Waals surface area contributed by atoms with Gasteiger partial charge in [0, 0.05) is 5.56 Å². The van der Waals surface area contributed by atoms with Crippen LogP contribution in [0.15, 0.2) is 16.7 Å². The van der Waals surface area contributed by atoms with Gasteiger partial charge in [0.2, 0.25) is 0 Å². The van der Waals surface area contributed by atoms with Gasteiger partial charge in [0.15, 0.2) is 5.95 Å². The number of H-pyrrole nitrogens is 1. The standard InChI is InChI=1S/C10H8BrCl2N3O/c1-17-5-3-2-4(6(12)7(5)13)8-9(11)16-10(14)15-8/h2-3H,1H3,(H3,14,15,16). The summed E-state index contributed by atoms with van der Waals surface area (Å²) in [5.41, 5.74) is 6.85. The summed E-state index contributed by atoms with van der Waals surface area (Å²) in [7, 11) is 1.53. The van der Waals surface area contributed by atoms with Crippen molar-refractivity contribution in [1.29, 1.82) is 0 Å². The Labute approximate surface area is 116 Å². The van der Waals surface area contributed by atoms with Crippen molar-refractivity contribution >= 4 is 45.1 Å². The van der Waals surface area contributed by atoms with Gasteiger partial charge in [-0.1, -0.05) is 23.2 Å². The monoisotopic (exact) mass is 335 g/mol. The number of aromatic nitrogens is 2. The van der Waals surface area contributed by atoms with E-state index in [1.807, 2.05) is 0 Å². The first-order valence-electron chi connectivity index (χ1n) is 4.58. The number of methoxy groups -OCH3 is 1. The molecule has 0 saturated carbocycles. The molecule has 0 amide bonds.